The van der Waals surface area contributed by atoms with E-state index in [-0.39, 0.29) is 0 Å². The summed E-state index contributed by atoms with van der Waals surface area (Å²) in [5, 5.41) is 3.40. The minimum atomic E-state index is 0.327. The molecule has 0 fully saturated rings. The Hall–Kier alpha value is -1.30. The van der Waals surface area contributed by atoms with Crippen molar-refractivity contribution in [2.75, 3.05) is 7.05 Å². The molecule has 0 aliphatic heterocycles. The zero-order chi connectivity index (χ0) is 9.84. The van der Waals surface area contributed by atoms with Gasteiger partial charge in [0.25, 0.3) is 0 Å². The van der Waals surface area contributed by atoms with Crippen LogP contribution in [0.15, 0.2) is 10.6 Å². The van der Waals surface area contributed by atoms with Gasteiger partial charge in [0.2, 0.25) is 5.96 Å². The first-order valence-electron chi connectivity index (χ1n) is 3.78. The van der Waals surface area contributed by atoms with Gasteiger partial charge in [0, 0.05) is 11.9 Å². The van der Waals surface area contributed by atoms with Gasteiger partial charge >= 0.3 is 0 Å². The van der Waals surface area contributed by atoms with Crippen LogP contribution in [-0.2, 0) is 6.54 Å². The molecule has 0 aliphatic rings. The smallest absolute Gasteiger partial charge is 0.213 e. The van der Waals surface area contributed by atoms with Crippen LogP contribution in [0.2, 0.25) is 0 Å². The second-order valence-electron chi connectivity index (χ2n) is 2.70. The molecule has 0 radical (unpaired) electrons. The third kappa shape index (κ3) is 2.32. The molecule has 72 valence electrons. The summed E-state index contributed by atoms with van der Waals surface area (Å²) in [6.45, 7) is 2.67. The summed E-state index contributed by atoms with van der Waals surface area (Å²) in [4.78, 5) is 7.09. The highest BCUT2D eigenvalue weighted by atomic mass is 32.1. The van der Waals surface area contributed by atoms with Crippen molar-refractivity contribution >= 4 is 17.3 Å². The summed E-state index contributed by atoms with van der Waals surface area (Å²) in [5.41, 5.74) is 8.36. The van der Waals surface area contributed by atoms with Crippen molar-refractivity contribution < 1.29 is 0 Å². The van der Waals surface area contributed by atoms with E-state index in [4.69, 9.17) is 11.6 Å². The summed E-state index contributed by atoms with van der Waals surface area (Å²) >= 11 is 1.60. The number of hydrazone groups is 1. The third-order valence-corrected chi connectivity index (χ3v) is 2.67. The Morgan fingerprint density at radius 2 is 2.46 bits per heavy atom. The molecule has 0 saturated carbocycles. The summed E-state index contributed by atoms with van der Waals surface area (Å²) in [7, 11) is 1.84. The number of hydrogen-bond donors (Lipinski definition) is 2. The second-order valence-corrected chi connectivity index (χ2v) is 3.64. The molecular weight excluding hydrogens is 186 g/mol. The lowest BCUT2D eigenvalue weighted by molar-refractivity contribution is 0.496. The fraction of sp³-hybridized carbons (Fsp3) is 0.429. The summed E-state index contributed by atoms with van der Waals surface area (Å²) in [6, 6.07) is 0. The number of guanidine groups is 1. The van der Waals surface area contributed by atoms with Gasteiger partial charge in [-0.05, 0) is 6.92 Å². The lowest BCUT2D eigenvalue weighted by Crippen LogP contribution is -2.34. The van der Waals surface area contributed by atoms with Gasteiger partial charge < -0.3 is 16.5 Å². The maximum Gasteiger partial charge on any atom is 0.213 e. The van der Waals surface area contributed by atoms with Gasteiger partial charge in [-0.3, -0.25) is 0 Å². The first kappa shape index (κ1) is 9.79. The molecule has 0 amide bonds. The quantitative estimate of drug-likeness (QED) is 0.306. The van der Waals surface area contributed by atoms with Crippen LogP contribution < -0.4 is 11.6 Å². The van der Waals surface area contributed by atoms with Crippen molar-refractivity contribution in [2.45, 2.75) is 13.5 Å². The lowest BCUT2D eigenvalue weighted by Gasteiger charge is -2.15. The molecule has 1 aromatic rings. The van der Waals surface area contributed by atoms with E-state index in [1.54, 1.807) is 16.2 Å². The Kier molecular flexibility index (Phi) is 3.07. The van der Waals surface area contributed by atoms with Crippen LogP contribution in [0, 0.1) is 6.92 Å². The van der Waals surface area contributed by atoms with E-state index in [1.165, 1.54) is 4.88 Å². The number of thiazole rings is 1. The van der Waals surface area contributed by atoms with Crippen LogP contribution in [0.3, 0.4) is 0 Å². The van der Waals surface area contributed by atoms with Crippen LogP contribution in [0.4, 0.5) is 0 Å². The van der Waals surface area contributed by atoms with Crippen molar-refractivity contribution in [3.63, 3.8) is 0 Å². The summed E-state index contributed by atoms with van der Waals surface area (Å²) < 4.78 is 0. The number of rotatable bonds is 2. The largest absolute Gasteiger partial charge is 0.368 e. The molecule has 0 saturated heterocycles. The van der Waals surface area contributed by atoms with Gasteiger partial charge in [0.15, 0.2) is 0 Å². The van der Waals surface area contributed by atoms with Gasteiger partial charge in [0.05, 0.1) is 17.7 Å². The minimum Gasteiger partial charge on any atom is -0.368 e. The fourth-order valence-electron chi connectivity index (χ4n) is 0.873. The van der Waals surface area contributed by atoms with E-state index in [1.807, 2.05) is 19.5 Å². The molecule has 0 unspecified atom stereocenters. The van der Waals surface area contributed by atoms with Crippen LogP contribution in [0.25, 0.3) is 0 Å². The first-order chi connectivity index (χ1) is 6.15. The van der Waals surface area contributed by atoms with Gasteiger partial charge in [-0.2, -0.15) is 0 Å². The molecule has 0 spiro atoms. The van der Waals surface area contributed by atoms with E-state index in [0.717, 1.165) is 5.69 Å². The fourth-order valence-corrected chi connectivity index (χ4v) is 1.70. The Morgan fingerprint density at radius 3 is 2.92 bits per heavy atom. The van der Waals surface area contributed by atoms with Crippen molar-refractivity contribution in [1.82, 2.24) is 9.88 Å². The normalized spacial score (nSPS) is 11.7. The number of hydrogen-bond acceptors (Lipinski definition) is 4. The standard InChI is InChI=1S/C7H13N5S/c1-5-6(13-4-10-5)3-12(2)7(8)11-9/h4H,3,9H2,1-2H3,(H2,8,11). The van der Waals surface area contributed by atoms with Crippen molar-refractivity contribution in [1.29, 1.82) is 0 Å². The highest BCUT2D eigenvalue weighted by Crippen LogP contribution is 2.13. The SMILES string of the molecule is Cc1ncsc1CN(C)C(N)=NN. The second kappa shape index (κ2) is 4.08. The van der Waals surface area contributed by atoms with E-state index in [9.17, 15) is 0 Å². The monoisotopic (exact) mass is 199 g/mol. The lowest BCUT2D eigenvalue weighted by atomic mass is 10.4. The highest BCUT2D eigenvalue weighted by Gasteiger charge is 2.06. The molecular formula is C7H13N5S. The van der Waals surface area contributed by atoms with Crippen molar-refractivity contribution in [2.24, 2.45) is 16.7 Å². The van der Waals surface area contributed by atoms with E-state index in [2.05, 4.69) is 10.1 Å². The van der Waals surface area contributed by atoms with Crippen LogP contribution in [0.1, 0.15) is 10.6 Å². The van der Waals surface area contributed by atoms with Crippen molar-refractivity contribution in [3.8, 4) is 0 Å². The Balaban J connectivity index is 2.65. The average molecular weight is 199 g/mol. The van der Waals surface area contributed by atoms with Crippen molar-refractivity contribution in [3.05, 3.63) is 16.1 Å². The predicted octanol–water partition coefficient (Wildman–Crippen LogP) is 0.0717. The first-order valence-corrected chi connectivity index (χ1v) is 4.66. The maximum absolute atomic E-state index is 5.52. The topological polar surface area (TPSA) is 80.5 Å². The van der Waals surface area contributed by atoms with Crippen LogP contribution in [0.5, 0.6) is 0 Å². The zero-order valence-electron chi connectivity index (χ0n) is 7.69. The van der Waals surface area contributed by atoms with E-state index >= 15 is 0 Å². The molecule has 4 N–H and O–H groups in total. The Bertz CT molecular complexity index is 306. The average Bonchev–Trinajstić information content (AvgIpc) is 2.50. The Labute approximate surface area is 81.1 Å². The maximum atomic E-state index is 5.52. The van der Waals surface area contributed by atoms with E-state index < -0.39 is 0 Å². The number of nitrogens with two attached hydrogens (primary N) is 2. The van der Waals surface area contributed by atoms with Gasteiger partial charge in [-0.25, -0.2) is 4.98 Å². The molecule has 1 aromatic heterocycles. The molecule has 13 heavy (non-hydrogen) atoms. The Morgan fingerprint density at radius 1 is 1.77 bits per heavy atom. The molecule has 1 heterocycles. The molecule has 5 nitrogen and oxygen atoms in total. The zero-order valence-corrected chi connectivity index (χ0v) is 8.51. The van der Waals surface area contributed by atoms with Crippen LogP contribution in [-0.4, -0.2) is 22.9 Å². The highest BCUT2D eigenvalue weighted by molar-refractivity contribution is 7.09. The number of aryl methyl sites for hydroxylation is 1. The molecule has 0 bridgehead atoms. The molecule has 0 atom stereocenters. The predicted molar refractivity (Wildman–Crippen MR) is 54.1 cm³/mol. The number of nitrogens with zero attached hydrogens (tertiary/aromatic N) is 3. The summed E-state index contributed by atoms with van der Waals surface area (Å²) in [5.74, 6) is 5.38. The molecule has 0 aromatic carbocycles. The third-order valence-electron chi connectivity index (χ3n) is 1.75. The molecule has 1 rings (SSSR count). The summed E-state index contributed by atoms with van der Waals surface area (Å²) in [6.07, 6.45) is 0. The number of aromatic nitrogens is 1. The van der Waals surface area contributed by atoms with Gasteiger partial charge in [-0.15, -0.1) is 16.4 Å². The van der Waals surface area contributed by atoms with E-state index in [0.29, 0.717) is 12.5 Å². The molecule has 0 aliphatic carbocycles. The minimum absolute atomic E-state index is 0.327. The van der Waals surface area contributed by atoms with Gasteiger partial charge in [-0.1, -0.05) is 0 Å². The molecule has 6 heteroatoms. The van der Waals surface area contributed by atoms with Gasteiger partial charge in [0.1, 0.15) is 0 Å². The van der Waals surface area contributed by atoms with Crippen LogP contribution >= 0.6 is 11.3 Å².